The highest BCUT2D eigenvalue weighted by Crippen LogP contribution is 2.35. The van der Waals surface area contributed by atoms with Crippen LogP contribution in [0.2, 0.25) is 5.02 Å². The van der Waals surface area contributed by atoms with Crippen molar-refractivity contribution in [2.75, 3.05) is 7.11 Å². The molecule has 0 spiro atoms. The molecule has 0 saturated heterocycles. The SMILES string of the molecule is COc1cc(C)cc(C)c1C(O)c1ccc(C)c(Cl)c1. The minimum absolute atomic E-state index is 0.658. The molecular weight excluding hydrogens is 272 g/mol. The summed E-state index contributed by atoms with van der Waals surface area (Å²) in [5, 5.41) is 11.3. The molecule has 2 rings (SSSR count). The Bertz CT molecular complexity index is 635. The van der Waals surface area contributed by atoms with Crippen LogP contribution >= 0.6 is 11.6 Å². The maximum absolute atomic E-state index is 10.7. The van der Waals surface area contributed by atoms with E-state index in [9.17, 15) is 5.11 Å². The molecule has 2 aromatic rings. The molecule has 1 unspecified atom stereocenters. The van der Waals surface area contributed by atoms with E-state index in [0.717, 1.165) is 27.8 Å². The predicted octanol–water partition coefficient (Wildman–Crippen LogP) is 4.36. The van der Waals surface area contributed by atoms with Crippen LogP contribution in [-0.4, -0.2) is 12.2 Å². The fourth-order valence-corrected chi connectivity index (χ4v) is 2.59. The monoisotopic (exact) mass is 290 g/mol. The molecule has 0 fully saturated rings. The van der Waals surface area contributed by atoms with E-state index in [4.69, 9.17) is 16.3 Å². The lowest BCUT2D eigenvalue weighted by Gasteiger charge is -2.19. The smallest absolute Gasteiger partial charge is 0.125 e. The Morgan fingerprint density at radius 1 is 1.05 bits per heavy atom. The van der Waals surface area contributed by atoms with E-state index >= 15 is 0 Å². The summed E-state index contributed by atoms with van der Waals surface area (Å²) in [4.78, 5) is 0. The fraction of sp³-hybridized carbons (Fsp3) is 0.294. The first-order chi connectivity index (χ1) is 9.43. The van der Waals surface area contributed by atoms with Gasteiger partial charge in [-0.05, 0) is 55.2 Å². The Kier molecular flexibility index (Phi) is 4.36. The van der Waals surface area contributed by atoms with E-state index in [2.05, 4.69) is 0 Å². The number of aliphatic hydroxyl groups is 1. The van der Waals surface area contributed by atoms with Gasteiger partial charge in [0.1, 0.15) is 11.9 Å². The van der Waals surface area contributed by atoms with E-state index in [0.29, 0.717) is 10.8 Å². The number of rotatable bonds is 3. The molecule has 0 bridgehead atoms. The number of hydrogen-bond acceptors (Lipinski definition) is 2. The second-order valence-corrected chi connectivity index (χ2v) is 5.52. The van der Waals surface area contributed by atoms with Crippen molar-refractivity contribution in [1.82, 2.24) is 0 Å². The number of halogens is 1. The maximum Gasteiger partial charge on any atom is 0.125 e. The summed E-state index contributed by atoms with van der Waals surface area (Å²) in [7, 11) is 1.62. The molecule has 0 saturated carbocycles. The van der Waals surface area contributed by atoms with E-state index in [1.165, 1.54) is 0 Å². The number of benzene rings is 2. The zero-order valence-corrected chi connectivity index (χ0v) is 13.0. The molecule has 2 nitrogen and oxygen atoms in total. The van der Waals surface area contributed by atoms with Crippen molar-refractivity contribution in [1.29, 1.82) is 0 Å². The lowest BCUT2D eigenvalue weighted by molar-refractivity contribution is 0.214. The third kappa shape index (κ3) is 2.82. The molecule has 1 N–H and O–H groups in total. The first-order valence-corrected chi connectivity index (χ1v) is 6.91. The Hall–Kier alpha value is -1.51. The van der Waals surface area contributed by atoms with Crippen molar-refractivity contribution in [3.63, 3.8) is 0 Å². The van der Waals surface area contributed by atoms with E-state index in [1.54, 1.807) is 13.2 Å². The summed E-state index contributed by atoms with van der Waals surface area (Å²) in [6, 6.07) is 9.58. The summed E-state index contributed by atoms with van der Waals surface area (Å²) >= 11 is 6.14. The van der Waals surface area contributed by atoms with Crippen molar-refractivity contribution < 1.29 is 9.84 Å². The lowest BCUT2D eigenvalue weighted by Crippen LogP contribution is -2.05. The Labute approximate surface area is 125 Å². The molecule has 0 amide bonds. The topological polar surface area (TPSA) is 29.5 Å². The van der Waals surface area contributed by atoms with Crippen LogP contribution in [0.4, 0.5) is 0 Å². The molecule has 1 atom stereocenters. The summed E-state index contributed by atoms with van der Waals surface area (Å²) < 4.78 is 5.41. The largest absolute Gasteiger partial charge is 0.496 e. The van der Waals surface area contributed by atoms with Crippen LogP contribution in [0.5, 0.6) is 5.75 Å². The van der Waals surface area contributed by atoms with Gasteiger partial charge in [-0.2, -0.15) is 0 Å². The Morgan fingerprint density at radius 2 is 1.75 bits per heavy atom. The van der Waals surface area contributed by atoms with Gasteiger partial charge in [-0.25, -0.2) is 0 Å². The molecule has 0 heterocycles. The first-order valence-electron chi connectivity index (χ1n) is 6.53. The number of hydrogen-bond donors (Lipinski definition) is 1. The average Bonchev–Trinajstić information content (AvgIpc) is 2.40. The third-order valence-corrected chi connectivity index (χ3v) is 3.91. The molecule has 3 heteroatoms. The van der Waals surface area contributed by atoms with Crippen LogP contribution in [0.25, 0.3) is 0 Å². The van der Waals surface area contributed by atoms with Gasteiger partial charge in [0, 0.05) is 10.6 Å². The third-order valence-electron chi connectivity index (χ3n) is 3.50. The van der Waals surface area contributed by atoms with E-state index in [-0.39, 0.29) is 0 Å². The molecule has 106 valence electrons. The number of aliphatic hydroxyl groups excluding tert-OH is 1. The van der Waals surface area contributed by atoms with Crippen LogP contribution in [0.15, 0.2) is 30.3 Å². The maximum atomic E-state index is 10.7. The summed E-state index contributed by atoms with van der Waals surface area (Å²) in [5.74, 6) is 0.701. The minimum Gasteiger partial charge on any atom is -0.496 e. The van der Waals surface area contributed by atoms with Gasteiger partial charge in [-0.15, -0.1) is 0 Å². The summed E-state index contributed by atoms with van der Waals surface area (Å²) in [6.45, 7) is 5.93. The van der Waals surface area contributed by atoms with Gasteiger partial charge in [0.2, 0.25) is 0 Å². The Morgan fingerprint density at radius 3 is 2.35 bits per heavy atom. The molecule has 0 radical (unpaired) electrons. The number of aryl methyl sites for hydroxylation is 3. The van der Waals surface area contributed by atoms with Gasteiger partial charge in [-0.3, -0.25) is 0 Å². The van der Waals surface area contributed by atoms with Crippen LogP contribution in [0, 0.1) is 20.8 Å². The van der Waals surface area contributed by atoms with Gasteiger partial charge in [0.05, 0.1) is 7.11 Å². The van der Waals surface area contributed by atoms with Crippen LogP contribution < -0.4 is 4.74 Å². The highest BCUT2D eigenvalue weighted by Gasteiger charge is 2.19. The Balaban J connectivity index is 2.52. The zero-order chi connectivity index (χ0) is 14.9. The van der Waals surface area contributed by atoms with Gasteiger partial charge < -0.3 is 9.84 Å². The first kappa shape index (κ1) is 14.9. The minimum atomic E-state index is -0.747. The van der Waals surface area contributed by atoms with Crippen molar-refractivity contribution in [3.8, 4) is 5.75 Å². The van der Waals surface area contributed by atoms with Crippen LogP contribution in [0.3, 0.4) is 0 Å². The van der Waals surface area contributed by atoms with Crippen LogP contribution in [-0.2, 0) is 0 Å². The molecule has 0 aliphatic rings. The lowest BCUT2D eigenvalue weighted by atomic mass is 9.94. The van der Waals surface area contributed by atoms with Gasteiger partial charge >= 0.3 is 0 Å². The van der Waals surface area contributed by atoms with Crippen molar-refractivity contribution in [3.05, 3.63) is 63.2 Å². The molecule has 0 aliphatic heterocycles. The molecule has 0 aliphatic carbocycles. The van der Waals surface area contributed by atoms with E-state index in [1.807, 2.05) is 45.0 Å². The molecule has 0 aromatic heterocycles. The standard InChI is InChI=1S/C17H19ClO2/c1-10-7-12(3)16(15(8-10)20-4)17(19)13-6-5-11(2)14(18)9-13/h5-9,17,19H,1-4H3. The predicted molar refractivity (Wildman–Crippen MR) is 82.7 cm³/mol. The second-order valence-electron chi connectivity index (χ2n) is 5.11. The van der Waals surface area contributed by atoms with E-state index < -0.39 is 6.10 Å². The average molecular weight is 291 g/mol. The second kappa shape index (κ2) is 5.86. The van der Waals surface area contributed by atoms with Gasteiger partial charge in [0.15, 0.2) is 0 Å². The van der Waals surface area contributed by atoms with Crippen molar-refractivity contribution in [2.45, 2.75) is 26.9 Å². The number of methoxy groups -OCH3 is 1. The quantitative estimate of drug-likeness (QED) is 0.910. The number of ether oxygens (including phenoxy) is 1. The zero-order valence-electron chi connectivity index (χ0n) is 12.2. The summed E-state index contributed by atoms with van der Waals surface area (Å²) in [5.41, 5.74) is 4.67. The summed E-state index contributed by atoms with van der Waals surface area (Å²) in [6.07, 6.45) is -0.747. The van der Waals surface area contributed by atoms with Gasteiger partial charge in [0.25, 0.3) is 0 Å². The van der Waals surface area contributed by atoms with Crippen molar-refractivity contribution in [2.24, 2.45) is 0 Å². The highest BCUT2D eigenvalue weighted by molar-refractivity contribution is 6.31. The van der Waals surface area contributed by atoms with Crippen molar-refractivity contribution >= 4 is 11.6 Å². The van der Waals surface area contributed by atoms with Crippen LogP contribution in [0.1, 0.15) is 33.9 Å². The molecule has 20 heavy (non-hydrogen) atoms. The molecule has 2 aromatic carbocycles. The highest BCUT2D eigenvalue weighted by atomic mass is 35.5. The molecular formula is C17H19ClO2. The van der Waals surface area contributed by atoms with Gasteiger partial charge in [-0.1, -0.05) is 29.8 Å². The fourth-order valence-electron chi connectivity index (χ4n) is 2.40. The normalized spacial score (nSPS) is 12.3.